The van der Waals surface area contributed by atoms with Crippen LogP contribution in [0.3, 0.4) is 0 Å². The molecular formula is C14H16OS. The Morgan fingerprint density at radius 2 is 2.00 bits per heavy atom. The molecule has 1 aromatic rings. The highest BCUT2D eigenvalue weighted by Gasteiger charge is 2.37. The molecule has 0 fully saturated rings. The van der Waals surface area contributed by atoms with Gasteiger partial charge in [-0.05, 0) is 24.0 Å². The van der Waals surface area contributed by atoms with Crippen molar-refractivity contribution in [2.24, 2.45) is 5.92 Å². The maximum atomic E-state index is 12.0. The van der Waals surface area contributed by atoms with E-state index in [2.05, 4.69) is 26.5 Å². The summed E-state index contributed by atoms with van der Waals surface area (Å²) in [6.45, 7) is 9.93. The summed E-state index contributed by atoms with van der Waals surface area (Å²) in [5, 5.41) is 0. The third-order valence-corrected chi connectivity index (χ3v) is 4.56. The molecule has 1 heterocycles. The molecule has 0 bridgehead atoms. The topological polar surface area (TPSA) is 17.1 Å². The summed E-state index contributed by atoms with van der Waals surface area (Å²) in [4.78, 5) is 14.2. The van der Waals surface area contributed by atoms with Crippen LogP contribution in [0.5, 0.6) is 0 Å². The molecule has 0 radical (unpaired) electrons. The number of hydrogen-bond donors (Lipinski definition) is 0. The average molecular weight is 232 g/mol. The van der Waals surface area contributed by atoms with E-state index < -0.39 is 0 Å². The van der Waals surface area contributed by atoms with E-state index in [1.807, 2.05) is 13.0 Å². The largest absolute Gasteiger partial charge is 0.293 e. The number of aryl methyl sites for hydroxylation is 1. The van der Waals surface area contributed by atoms with E-state index in [1.165, 1.54) is 16.0 Å². The molecule has 0 saturated heterocycles. The fraction of sp³-hybridized carbons (Fsp3) is 0.357. The quantitative estimate of drug-likeness (QED) is 0.699. The van der Waals surface area contributed by atoms with Crippen molar-refractivity contribution in [3.63, 3.8) is 0 Å². The lowest BCUT2D eigenvalue weighted by Gasteiger charge is -2.09. The minimum absolute atomic E-state index is 0.137. The zero-order valence-electron chi connectivity index (χ0n) is 9.91. The second-order valence-corrected chi connectivity index (χ2v) is 5.58. The summed E-state index contributed by atoms with van der Waals surface area (Å²) in [7, 11) is 0. The van der Waals surface area contributed by atoms with Gasteiger partial charge in [-0.3, -0.25) is 4.79 Å². The number of Topliss-reactive ketones (excluding diaryl/α,β-unsaturated/α-hetero) is 1. The molecule has 2 rings (SSSR count). The van der Waals surface area contributed by atoms with E-state index in [-0.39, 0.29) is 5.92 Å². The predicted octanol–water partition coefficient (Wildman–Crippen LogP) is 4.19. The Kier molecular flexibility index (Phi) is 2.85. The van der Waals surface area contributed by atoms with Crippen molar-refractivity contribution in [2.75, 3.05) is 0 Å². The zero-order chi connectivity index (χ0) is 11.9. The van der Waals surface area contributed by atoms with Crippen molar-refractivity contribution in [2.45, 2.75) is 26.7 Å². The summed E-state index contributed by atoms with van der Waals surface area (Å²) in [6, 6.07) is 0. The fourth-order valence-corrected chi connectivity index (χ4v) is 3.55. The molecule has 2 unspecified atom stereocenters. The minimum atomic E-state index is 0.137. The standard InChI is InChI=1S/C14H16OS/c1-5-6-7-11-10(4)16-14-12(11)8(2)9(3)13(14)15/h5-9H,1H2,2-4H3/b7-6-. The van der Waals surface area contributed by atoms with Crippen LogP contribution in [0.2, 0.25) is 0 Å². The number of fused-ring (bicyclic) bond motifs is 1. The second-order valence-electron chi connectivity index (χ2n) is 4.35. The molecule has 0 spiro atoms. The average Bonchev–Trinajstić information content (AvgIpc) is 2.69. The molecule has 16 heavy (non-hydrogen) atoms. The number of thiophene rings is 1. The van der Waals surface area contributed by atoms with Crippen LogP contribution in [0.4, 0.5) is 0 Å². The summed E-state index contributed by atoms with van der Waals surface area (Å²) in [5.41, 5.74) is 2.48. The van der Waals surface area contributed by atoms with E-state index >= 15 is 0 Å². The molecule has 0 aromatic carbocycles. The van der Waals surface area contributed by atoms with E-state index in [0.29, 0.717) is 11.7 Å². The van der Waals surface area contributed by atoms with Crippen LogP contribution in [0.1, 0.15) is 45.4 Å². The molecule has 2 atom stereocenters. The molecule has 0 saturated carbocycles. The van der Waals surface area contributed by atoms with Gasteiger partial charge in [0.15, 0.2) is 5.78 Å². The Balaban J connectivity index is 2.58. The summed E-state index contributed by atoms with van der Waals surface area (Å²) >= 11 is 1.63. The third-order valence-electron chi connectivity index (χ3n) is 3.41. The molecule has 2 heteroatoms. The lowest BCUT2D eigenvalue weighted by molar-refractivity contribution is 0.0940. The van der Waals surface area contributed by atoms with Gasteiger partial charge in [0.25, 0.3) is 0 Å². The van der Waals surface area contributed by atoms with Gasteiger partial charge in [-0.2, -0.15) is 0 Å². The highest BCUT2D eigenvalue weighted by atomic mass is 32.1. The smallest absolute Gasteiger partial charge is 0.176 e. The molecule has 1 aliphatic rings. The molecule has 84 valence electrons. The van der Waals surface area contributed by atoms with Gasteiger partial charge in [-0.25, -0.2) is 0 Å². The number of carbonyl (C=O) groups is 1. The van der Waals surface area contributed by atoms with Gasteiger partial charge in [-0.1, -0.05) is 38.7 Å². The Hall–Kier alpha value is -1.15. The van der Waals surface area contributed by atoms with Crippen molar-refractivity contribution in [1.82, 2.24) is 0 Å². The monoisotopic (exact) mass is 232 g/mol. The van der Waals surface area contributed by atoms with Crippen molar-refractivity contribution < 1.29 is 4.79 Å². The number of ketones is 1. The molecule has 0 aliphatic heterocycles. The van der Waals surface area contributed by atoms with Crippen molar-refractivity contribution >= 4 is 23.2 Å². The van der Waals surface area contributed by atoms with E-state index in [9.17, 15) is 4.79 Å². The van der Waals surface area contributed by atoms with Crippen LogP contribution >= 0.6 is 11.3 Å². The Labute approximate surface area is 100 Å². The predicted molar refractivity (Wildman–Crippen MR) is 70.2 cm³/mol. The highest BCUT2D eigenvalue weighted by molar-refractivity contribution is 7.14. The first kappa shape index (κ1) is 11.3. The van der Waals surface area contributed by atoms with Crippen molar-refractivity contribution in [3.8, 4) is 0 Å². The van der Waals surface area contributed by atoms with Gasteiger partial charge in [0.1, 0.15) is 0 Å². The van der Waals surface area contributed by atoms with E-state index in [0.717, 1.165) is 4.88 Å². The fourth-order valence-electron chi connectivity index (χ4n) is 2.27. The van der Waals surface area contributed by atoms with Crippen molar-refractivity contribution in [3.05, 3.63) is 39.6 Å². The van der Waals surface area contributed by atoms with Gasteiger partial charge in [0.2, 0.25) is 0 Å². The Bertz CT molecular complexity index is 479. The maximum Gasteiger partial charge on any atom is 0.176 e. The van der Waals surface area contributed by atoms with Gasteiger partial charge in [0, 0.05) is 10.8 Å². The van der Waals surface area contributed by atoms with Crippen LogP contribution in [-0.2, 0) is 0 Å². The van der Waals surface area contributed by atoms with Gasteiger partial charge < -0.3 is 0 Å². The lowest BCUT2D eigenvalue weighted by atomic mass is 9.93. The molecular weight excluding hydrogens is 216 g/mol. The van der Waals surface area contributed by atoms with Crippen LogP contribution in [-0.4, -0.2) is 5.78 Å². The SMILES string of the molecule is C=C/C=C\c1c(C)sc2c1C(C)C(C)C2=O. The summed E-state index contributed by atoms with van der Waals surface area (Å²) in [6.07, 6.45) is 5.78. The molecule has 1 aromatic heterocycles. The van der Waals surface area contributed by atoms with Gasteiger partial charge >= 0.3 is 0 Å². The first-order chi connectivity index (χ1) is 7.57. The van der Waals surface area contributed by atoms with Crippen LogP contribution < -0.4 is 0 Å². The van der Waals surface area contributed by atoms with E-state index in [1.54, 1.807) is 17.4 Å². The molecule has 0 N–H and O–H groups in total. The highest BCUT2D eigenvalue weighted by Crippen LogP contribution is 2.45. The first-order valence-corrected chi connectivity index (χ1v) is 6.36. The lowest BCUT2D eigenvalue weighted by Crippen LogP contribution is -2.06. The normalized spacial score (nSPS) is 24.1. The first-order valence-electron chi connectivity index (χ1n) is 5.54. The van der Waals surface area contributed by atoms with E-state index in [4.69, 9.17) is 0 Å². The number of rotatable bonds is 2. The third kappa shape index (κ3) is 1.49. The Morgan fingerprint density at radius 3 is 2.62 bits per heavy atom. The second kappa shape index (κ2) is 4.02. The molecule has 1 aliphatic carbocycles. The van der Waals surface area contributed by atoms with Crippen molar-refractivity contribution in [1.29, 1.82) is 0 Å². The van der Waals surface area contributed by atoms with Gasteiger partial charge in [0.05, 0.1) is 4.88 Å². The summed E-state index contributed by atoms with van der Waals surface area (Å²) < 4.78 is 0. The van der Waals surface area contributed by atoms with Crippen LogP contribution in [0, 0.1) is 12.8 Å². The summed E-state index contributed by atoms with van der Waals surface area (Å²) in [5.74, 6) is 0.795. The molecule has 1 nitrogen and oxygen atoms in total. The van der Waals surface area contributed by atoms with Crippen LogP contribution in [0.25, 0.3) is 6.08 Å². The molecule has 0 amide bonds. The maximum absolute atomic E-state index is 12.0. The Morgan fingerprint density at radius 1 is 1.31 bits per heavy atom. The van der Waals surface area contributed by atoms with Crippen LogP contribution in [0.15, 0.2) is 18.7 Å². The number of allylic oxidation sites excluding steroid dienone is 2. The number of carbonyl (C=O) groups excluding carboxylic acids is 1. The zero-order valence-corrected chi connectivity index (χ0v) is 10.7. The number of hydrogen-bond acceptors (Lipinski definition) is 2. The van der Waals surface area contributed by atoms with Gasteiger partial charge in [-0.15, -0.1) is 11.3 Å². The minimum Gasteiger partial charge on any atom is -0.293 e.